The summed E-state index contributed by atoms with van der Waals surface area (Å²) in [5.41, 5.74) is -0.215. The minimum Gasteiger partial charge on any atom is -0.453 e. The number of ether oxygens (including phenoxy) is 2. The molecular formula is C16H25N3O4. The van der Waals surface area contributed by atoms with E-state index in [9.17, 15) is 9.59 Å². The topological polar surface area (TPSA) is 71.1 Å². The molecule has 7 heteroatoms. The maximum Gasteiger partial charge on any atom is 0.409 e. The Balaban J connectivity index is 1.25. The van der Waals surface area contributed by atoms with E-state index in [1.807, 2.05) is 0 Å². The molecule has 4 aliphatic rings. The van der Waals surface area contributed by atoms with Gasteiger partial charge in [0.15, 0.2) is 0 Å². The monoisotopic (exact) mass is 326 g/mol. The molecule has 4 fully saturated rings. The summed E-state index contributed by atoms with van der Waals surface area (Å²) >= 11 is 0. The Morgan fingerprint density at radius 1 is 1.35 bits per heavy atom. The predicted octanol–water partition coefficient (Wildman–Crippen LogP) is 1.18. The van der Waals surface area contributed by atoms with E-state index >= 15 is 0 Å². The lowest BCUT2D eigenvalue weighted by molar-refractivity contribution is -0.0505. The van der Waals surface area contributed by atoms with Gasteiger partial charge < -0.3 is 24.6 Å². The van der Waals surface area contributed by atoms with E-state index in [1.165, 1.54) is 4.90 Å². The number of nitrogens with zero attached hydrogens (tertiary/aromatic N) is 2. The van der Waals surface area contributed by atoms with Crippen molar-refractivity contribution >= 4 is 12.2 Å². The van der Waals surface area contributed by atoms with Gasteiger partial charge in [0, 0.05) is 45.1 Å². The predicted molar refractivity (Wildman–Crippen MR) is 82.1 cm³/mol. The largest absolute Gasteiger partial charge is 0.453 e. The summed E-state index contributed by atoms with van der Waals surface area (Å²) in [5.74, 6) is 0. The average molecular weight is 326 g/mol. The first kappa shape index (κ1) is 11.9. The fourth-order valence-electron chi connectivity index (χ4n) is 4.76. The number of hydrogen-bond acceptors (Lipinski definition) is 5. The molecule has 0 radical (unpaired) electrons. The summed E-state index contributed by atoms with van der Waals surface area (Å²) in [7, 11) is -2.68. The fraction of sp³-hybridized carbons (Fsp3) is 0.875. The first-order chi connectivity index (χ1) is 12.2. The van der Waals surface area contributed by atoms with Crippen LogP contribution in [0.25, 0.3) is 0 Å². The van der Waals surface area contributed by atoms with Gasteiger partial charge in [0.25, 0.3) is 0 Å². The minimum atomic E-state index is -2.68. The van der Waals surface area contributed by atoms with E-state index in [4.69, 9.17) is 8.85 Å². The Morgan fingerprint density at radius 2 is 2.13 bits per heavy atom. The van der Waals surface area contributed by atoms with Crippen molar-refractivity contribution in [2.24, 2.45) is 5.41 Å². The molecular weight excluding hydrogens is 298 g/mol. The van der Waals surface area contributed by atoms with Crippen LogP contribution in [0.2, 0.25) is 0 Å². The van der Waals surface area contributed by atoms with Crippen LogP contribution in [0.3, 0.4) is 0 Å². The Hall–Kier alpha value is -1.50. The molecule has 3 heterocycles. The minimum absolute atomic E-state index is 0.106. The molecule has 0 bridgehead atoms. The van der Waals surface area contributed by atoms with Gasteiger partial charge in [0.2, 0.25) is 0 Å². The quantitative estimate of drug-likeness (QED) is 0.783. The summed E-state index contributed by atoms with van der Waals surface area (Å²) in [5, 5.41) is 2.75. The van der Waals surface area contributed by atoms with E-state index in [2.05, 4.69) is 15.0 Å². The van der Waals surface area contributed by atoms with E-state index in [0.717, 1.165) is 45.2 Å². The number of methoxy groups -OCH3 is 1. The summed E-state index contributed by atoms with van der Waals surface area (Å²) in [6, 6.07) is 0.496. The lowest BCUT2D eigenvalue weighted by atomic mass is 9.64. The molecule has 0 aromatic heterocycles. The molecule has 0 atom stereocenters. The van der Waals surface area contributed by atoms with Crippen molar-refractivity contribution < 1.29 is 23.2 Å². The molecule has 1 N–H and O–H groups in total. The zero-order valence-corrected chi connectivity index (χ0v) is 13.2. The number of piperidine rings is 1. The molecule has 128 valence electrons. The van der Waals surface area contributed by atoms with Crippen LogP contribution in [0.1, 0.15) is 36.2 Å². The molecule has 2 amide bonds. The van der Waals surface area contributed by atoms with Crippen LogP contribution in [-0.4, -0.2) is 73.4 Å². The molecule has 0 aromatic carbocycles. The number of rotatable bonds is 1. The highest BCUT2D eigenvalue weighted by atomic mass is 16.6. The zero-order valence-electron chi connectivity index (χ0n) is 16.2. The van der Waals surface area contributed by atoms with Crippen molar-refractivity contribution in [3.05, 3.63) is 0 Å². The molecule has 1 saturated carbocycles. The van der Waals surface area contributed by atoms with Gasteiger partial charge in [0.1, 0.15) is 5.60 Å². The molecule has 1 aliphatic carbocycles. The summed E-state index contributed by atoms with van der Waals surface area (Å²) in [6.07, 6.45) is 3.61. The third-order valence-electron chi connectivity index (χ3n) is 6.21. The highest BCUT2D eigenvalue weighted by Gasteiger charge is 2.53. The van der Waals surface area contributed by atoms with E-state index in [0.29, 0.717) is 25.7 Å². The third kappa shape index (κ3) is 2.55. The van der Waals surface area contributed by atoms with Crippen LogP contribution in [-0.2, 0) is 9.47 Å². The van der Waals surface area contributed by atoms with Gasteiger partial charge in [-0.2, -0.15) is 0 Å². The standard InChI is InChI=1S/C16H25N3O4/c1-22-14(21)19-5-2-15(11-19)8-12(9-15)18-6-3-16(4-7-18)10-17-13(20)23-16/h12H,2-11H2,1H3,(H,17,20)/i1D3. The summed E-state index contributed by atoms with van der Waals surface area (Å²) in [4.78, 5) is 27.2. The van der Waals surface area contributed by atoms with E-state index < -0.39 is 13.1 Å². The van der Waals surface area contributed by atoms with E-state index in [1.54, 1.807) is 0 Å². The second-order valence-corrected chi connectivity index (χ2v) is 7.56. The van der Waals surface area contributed by atoms with Crippen molar-refractivity contribution in [3.63, 3.8) is 0 Å². The Kier molecular flexibility index (Phi) is 2.73. The molecule has 0 unspecified atom stereocenters. The molecule has 3 saturated heterocycles. The van der Waals surface area contributed by atoms with Gasteiger partial charge in [-0.05, 0) is 24.7 Å². The van der Waals surface area contributed by atoms with E-state index in [-0.39, 0.29) is 17.1 Å². The Morgan fingerprint density at radius 3 is 2.78 bits per heavy atom. The second kappa shape index (κ2) is 5.26. The van der Waals surface area contributed by atoms with Crippen molar-refractivity contribution in [2.75, 3.05) is 39.8 Å². The van der Waals surface area contributed by atoms with Gasteiger partial charge >= 0.3 is 12.2 Å². The highest BCUT2D eigenvalue weighted by molar-refractivity contribution is 5.70. The van der Waals surface area contributed by atoms with Crippen molar-refractivity contribution in [3.8, 4) is 0 Å². The average Bonchev–Trinajstić information content (AvgIpc) is 3.10. The highest BCUT2D eigenvalue weighted by Crippen LogP contribution is 2.51. The van der Waals surface area contributed by atoms with Crippen LogP contribution in [0.4, 0.5) is 9.59 Å². The Labute approximate surface area is 140 Å². The van der Waals surface area contributed by atoms with Crippen LogP contribution in [0.15, 0.2) is 0 Å². The lowest BCUT2D eigenvalue weighted by Gasteiger charge is -2.52. The molecule has 4 rings (SSSR count). The fourth-order valence-corrected chi connectivity index (χ4v) is 4.76. The van der Waals surface area contributed by atoms with Crippen molar-refractivity contribution in [2.45, 2.75) is 43.7 Å². The van der Waals surface area contributed by atoms with Crippen LogP contribution in [0.5, 0.6) is 0 Å². The maximum atomic E-state index is 11.9. The normalized spacial score (nSPS) is 38.4. The third-order valence-corrected chi connectivity index (χ3v) is 6.21. The first-order valence-corrected chi connectivity index (χ1v) is 8.37. The van der Waals surface area contributed by atoms with Crippen LogP contribution in [0, 0.1) is 5.41 Å². The molecule has 0 aromatic rings. The van der Waals surface area contributed by atoms with Gasteiger partial charge in [-0.25, -0.2) is 9.59 Å². The molecule has 23 heavy (non-hydrogen) atoms. The number of alkyl carbamates (subject to hydrolysis) is 1. The number of amides is 2. The maximum absolute atomic E-state index is 11.9. The van der Waals surface area contributed by atoms with Crippen molar-refractivity contribution in [1.82, 2.24) is 15.1 Å². The van der Waals surface area contributed by atoms with Gasteiger partial charge in [-0.1, -0.05) is 0 Å². The SMILES string of the molecule is [2H]C([2H])([2H])OC(=O)N1CCC2(CC(N3CCC4(CC3)CNC(=O)O4)C2)C1. The van der Waals surface area contributed by atoms with Crippen molar-refractivity contribution in [1.29, 1.82) is 0 Å². The van der Waals surface area contributed by atoms with Gasteiger partial charge in [0.05, 0.1) is 17.7 Å². The van der Waals surface area contributed by atoms with Crippen LogP contribution >= 0.6 is 0 Å². The molecule has 3 aliphatic heterocycles. The number of carbonyl (C=O) groups excluding carboxylic acids is 2. The second-order valence-electron chi connectivity index (χ2n) is 7.56. The number of hydrogen-bond donors (Lipinski definition) is 1. The number of carbonyl (C=O) groups is 2. The molecule has 2 spiro atoms. The van der Waals surface area contributed by atoms with Gasteiger partial charge in [-0.15, -0.1) is 0 Å². The summed E-state index contributed by atoms with van der Waals surface area (Å²) in [6.45, 7) is 3.58. The summed E-state index contributed by atoms with van der Waals surface area (Å²) < 4.78 is 31.1. The Bertz CT molecular complexity index is 598. The number of nitrogens with one attached hydrogen (secondary N) is 1. The number of likely N-dealkylation sites (tertiary alicyclic amines) is 2. The van der Waals surface area contributed by atoms with Gasteiger partial charge in [-0.3, -0.25) is 0 Å². The molecule has 7 nitrogen and oxygen atoms in total. The van der Waals surface area contributed by atoms with Crippen LogP contribution < -0.4 is 5.32 Å². The lowest BCUT2D eigenvalue weighted by Crippen LogP contribution is -2.57. The first-order valence-electron chi connectivity index (χ1n) is 9.87. The smallest absolute Gasteiger partial charge is 0.409 e. The zero-order chi connectivity index (χ0) is 18.6.